The van der Waals surface area contributed by atoms with Gasteiger partial charge in [0, 0.05) is 19.0 Å². The van der Waals surface area contributed by atoms with Crippen LogP contribution in [0, 0.1) is 5.92 Å². The summed E-state index contributed by atoms with van der Waals surface area (Å²) in [5.74, 6) is 0.276. The maximum Gasteiger partial charge on any atom is 0.134 e. The van der Waals surface area contributed by atoms with Gasteiger partial charge in [-0.15, -0.1) is 0 Å². The van der Waals surface area contributed by atoms with Crippen molar-refractivity contribution in [3.8, 4) is 0 Å². The molecule has 0 spiro atoms. The monoisotopic (exact) mass is 227 g/mol. The number of Topliss-reactive ketones (excluding diaryl/α,β-unsaturated/α-hetero) is 1. The van der Waals surface area contributed by atoms with E-state index in [0.717, 1.165) is 19.5 Å². The first-order valence-corrected chi connectivity index (χ1v) is 6.57. The topological polar surface area (TPSA) is 40.5 Å². The summed E-state index contributed by atoms with van der Waals surface area (Å²) in [5, 5.41) is 9.78. The Bertz CT molecular complexity index is 218. The number of likely N-dealkylation sites (tertiary alicyclic amines) is 1. The summed E-state index contributed by atoms with van der Waals surface area (Å²) in [5.41, 5.74) is 0. The summed E-state index contributed by atoms with van der Waals surface area (Å²) in [6.45, 7) is 5.53. The molecule has 0 amide bonds. The van der Waals surface area contributed by atoms with Gasteiger partial charge in [0.25, 0.3) is 0 Å². The average Bonchev–Trinajstić information content (AvgIpc) is 2.60. The molecule has 0 aliphatic carbocycles. The highest BCUT2D eigenvalue weighted by Crippen LogP contribution is 2.22. The lowest BCUT2D eigenvalue weighted by Gasteiger charge is -2.19. The van der Waals surface area contributed by atoms with E-state index in [1.54, 1.807) is 6.92 Å². The van der Waals surface area contributed by atoms with E-state index in [4.69, 9.17) is 0 Å². The molecule has 2 atom stereocenters. The Morgan fingerprint density at radius 2 is 2.00 bits per heavy atom. The fraction of sp³-hybridized carbons (Fsp3) is 0.923. The highest BCUT2D eigenvalue weighted by Gasteiger charge is 2.32. The summed E-state index contributed by atoms with van der Waals surface area (Å²) < 4.78 is 0. The van der Waals surface area contributed by atoms with Gasteiger partial charge in [-0.3, -0.25) is 9.69 Å². The third-order valence-electron chi connectivity index (χ3n) is 3.50. The van der Waals surface area contributed by atoms with E-state index in [1.165, 1.54) is 25.7 Å². The van der Waals surface area contributed by atoms with Gasteiger partial charge < -0.3 is 5.11 Å². The van der Waals surface area contributed by atoms with Crippen LogP contribution in [0.25, 0.3) is 0 Å². The van der Waals surface area contributed by atoms with Crippen LogP contribution in [0.2, 0.25) is 0 Å². The zero-order valence-electron chi connectivity index (χ0n) is 10.6. The predicted molar refractivity (Wildman–Crippen MR) is 65.1 cm³/mol. The van der Waals surface area contributed by atoms with Crippen LogP contribution in [0.4, 0.5) is 0 Å². The number of nitrogens with zero attached hydrogens (tertiary/aromatic N) is 1. The summed E-state index contributed by atoms with van der Waals surface area (Å²) in [4.78, 5) is 13.3. The minimum Gasteiger partial charge on any atom is -0.378 e. The summed E-state index contributed by atoms with van der Waals surface area (Å²) in [7, 11) is 0. The number of carbonyl (C=O) groups is 1. The second-order valence-electron chi connectivity index (χ2n) is 4.93. The van der Waals surface area contributed by atoms with E-state index in [0.29, 0.717) is 6.42 Å². The van der Waals surface area contributed by atoms with Gasteiger partial charge in [0.05, 0.1) is 0 Å². The van der Waals surface area contributed by atoms with Gasteiger partial charge in [0.1, 0.15) is 12.0 Å². The Labute approximate surface area is 98.8 Å². The highest BCUT2D eigenvalue weighted by atomic mass is 16.3. The van der Waals surface area contributed by atoms with E-state index < -0.39 is 0 Å². The Balaban J connectivity index is 2.15. The van der Waals surface area contributed by atoms with Gasteiger partial charge in [-0.1, -0.05) is 32.6 Å². The molecule has 3 nitrogen and oxygen atoms in total. The molecule has 1 heterocycles. The molecule has 1 saturated heterocycles. The maximum absolute atomic E-state index is 11.2. The Hall–Kier alpha value is -0.410. The summed E-state index contributed by atoms with van der Waals surface area (Å²) >= 11 is 0. The van der Waals surface area contributed by atoms with Crippen LogP contribution in [0.3, 0.4) is 0 Å². The second-order valence-corrected chi connectivity index (χ2v) is 4.93. The first-order valence-electron chi connectivity index (χ1n) is 6.57. The molecule has 16 heavy (non-hydrogen) atoms. The number of ketones is 1. The molecule has 2 unspecified atom stereocenters. The molecule has 0 saturated carbocycles. The van der Waals surface area contributed by atoms with Gasteiger partial charge >= 0.3 is 0 Å². The lowest BCUT2D eigenvalue weighted by Crippen LogP contribution is -2.30. The van der Waals surface area contributed by atoms with Crippen LogP contribution >= 0.6 is 0 Å². The molecule has 1 N–H and O–H groups in total. The summed E-state index contributed by atoms with van der Waals surface area (Å²) in [6.07, 6.45) is 6.47. The lowest BCUT2D eigenvalue weighted by molar-refractivity contribution is -0.120. The van der Waals surface area contributed by atoms with Crippen molar-refractivity contribution in [2.45, 2.75) is 58.6 Å². The Morgan fingerprint density at radius 1 is 1.31 bits per heavy atom. The van der Waals surface area contributed by atoms with Crippen LogP contribution < -0.4 is 0 Å². The Kier molecular flexibility index (Phi) is 5.99. The minimum atomic E-state index is -0.389. The molecule has 1 rings (SSSR count). The number of rotatable bonds is 7. The molecule has 94 valence electrons. The molecule has 0 aromatic heterocycles. The quantitative estimate of drug-likeness (QED) is 0.678. The van der Waals surface area contributed by atoms with E-state index in [2.05, 4.69) is 11.8 Å². The van der Waals surface area contributed by atoms with Gasteiger partial charge in [0.15, 0.2) is 0 Å². The fourth-order valence-electron chi connectivity index (χ4n) is 2.34. The van der Waals surface area contributed by atoms with Gasteiger partial charge in [0.2, 0.25) is 0 Å². The largest absolute Gasteiger partial charge is 0.378 e. The third kappa shape index (κ3) is 4.22. The smallest absolute Gasteiger partial charge is 0.134 e. The van der Waals surface area contributed by atoms with Crippen molar-refractivity contribution in [2.75, 3.05) is 13.1 Å². The molecule has 1 fully saturated rings. The molecule has 1 aliphatic rings. The zero-order valence-corrected chi connectivity index (χ0v) is 10.6. The summed E-state index contributed by atoms with van der Waals surface area (Å²) in [6, 6.07) is 0. The predicted octanol–water partition coefficient (Wildman–Crippen LogP) is 2.19. The molecule has 3 heteroatoms. The van der Waals surface area contributed by atoms with E-state index in [-0.39, 0.29) is 17.9 Å². The van der Waals surface area contributed by atoms with Crippen molar-refractivity contribution in [1.29, 1.82) is 0 Å². The van der Waals surface area contributed by atoms with Crippen LogP contribution in [0.5, 0.6) is 0 Å². The van der Waals surface area contributed by atoms with Crippen LogP contribution in [-0.4, -0.2) is 35.1 Å². The van der Waals surface area contributed by atoms with E-state index >= 15 is 0 Å². The molecular formula is C13H25NO2. The van der Waals surface area contributed by atoms with Crippen molar-refractivity contribution in [3.05, 3.63) is 0 Å². The molecule has 1 aliphatic heterocycles. The SMILES string of the molecule is CCCCCCCN1CC(C(C)=O)CC1O. The third-order valence-corrected chi connectivity index (χ3v) is 3.50. The molecular weight excluding hydrogens is 202 g/mol. The van der Waals surface area contributed by atoms with Crippen molar-refractivity contribution >= 4 is 5.78 Å². The average molecular weight is 227 g/mol. The number of hydrogen-bond donors (Lipinski definition) is 1. The van der Waals surface area contributed by atoms with Gasteiger partial charge in [-0.2, -0.15) is 0 Å². The van der Waals surface area contributed by atoms with Crippen LogP contribution in [0.15, 0.2) is 0 Å². The van der Waals surface area contributed by atoms with Crippen molar-refractivity contribution < 1.29 is 9.90 Å². The van der Waals surface area contributed by atoms with Crippen molar-refractivity contribution in [3.63, 3.8) is 0 Å². The standard InChI is InChI=1S/C13H25NO2/c1-3-4-5-6-7-8-14-10-12(11(2)15)9-13(14)16/h12-13,16H,3-10H2,1-2H3. The lowest BCUT2D eigenvalue weighted by atomic mass is 10.1. The van der Waals surface area contributed by atoms with Crippen LogP contribution in [0.1, 0.15) is 52.4 Å². The molecule has 0 bridgehead atoms. The Morgan fingerprint density at radius 3 is 2.56 bits per heavy atom. The number of hydrogen-bond acceptors (Lipinski definition) is 3. The van der Waals surface area contributed by atoms with Gasteiger partial charge in [-0.25, -0.2) is 0 Å². The van der Waals surface area contributed by atoms with Crippen LogP contribution in [-0.2, 0) is 4.79 Å². The number of unbranched alkanes of at least 4 members (excludes halogenated alkanes) is 4. The maximum atomic E-state index is 11.2. The van der Waals surface area contributed by atoms with Crippen molar-refractivity contribution in [2.24, 2.45) is 5.92 Å². The minimum absolute atomic E-state index is 0.0608. The normalized spacial score (nSPS) is 26.2. The van der Waals surface area contributed by atoms with Crippen molar-refractivity contribution in [1.82, 2.24) is 4.90 Å². The van der Waals surface area contributed by atoms with E-state index in [1.807, 2.05) is 0 Å². The number of carbonyl (C=O) groups excluding carboxylic acids is 1. The number of aliphatic hydroxyl groups is 1. The zero-order chi connectivity index (χ0) is 12.0. The number of aliphatic hydroxyl groups excluding tert-OH is 1. The second kappa shape index (κ2) is 7.02. The van der Waals surface area contributed by atoms with Gasteiger partial charge in [-0.05, 0) is 19.8 Å². The fourth-order valence-corrected chi connectivity index (χ4v) is 2.34. The molecule has 0 radical (unpaired) electrons. The molecule has 0 aromatic carbocycles. The first kappa shape index (κ1) is 13.7. The highest BCUT2D eigenvalue weighted by molar-refractivity contribution is 5.78. The van der Waals surface area contributed by atoms with E-state index in [9.17, 15) is 9.90 Å². The molecule has 0 aromatic rings. The first-order chi connectivity index (χ1) is 7.65.